The number of benzene rings is 2. The number of aldehydes is 1. The van der Waals surface area contributed by atoms with E-state index in [1.165, 1.54) is 11.1 Å². The van der Waals surface area contributed by atoms with Gasteiger partial charge in [0.15, 0.2) is 6.29 Å². The van der Waals surface area contributed by atoms with Crippen molar-refractivity contribution in [3.63, 3.8) is 0 Å². The Morgan fingerprint density at radius 1 is 1.04 bits per heavy atom. The zero-order valence-electron chi connectivity index (χ0n) is 16.9. The second-order valence-corrected chi connectivity index (χ2v) is 10.3. The summed E-state index contributed by atoms with van der Waals surface area (Å²) in [7, 11) is -0.371. The maximum atomic E-state index is 11.8. The van der Waals surface area contributed by atoms with Crippen LogP contribution in [-0.2, 0) is 28.8 Å². The van der Waals surface area contributed by atoms with Gasteiger partial charge in [0.1, 0.15) is 11.2 Å². The van der Waals surface area contributed by atoms with Crippen molar-refractivity contribution in [1.82, 2.24) is 4.90 Å². The number of hydrogen-bond acceptors (Lipinski definition) is 3. The smallest absolute Gasteiger partial charge is 0.156 e. The highest BCUT2D eigenvalue weighted by Crippen LogP contribution is 2.37. The monoisotopic (exact) mass is 397 g/mol. The molecule has 2 aromatic carbocycles. The second-order valence-electron chi connectivity index (χ2n) is 8.10. The lowest BCUT2D eigenvalue weighted by atomic mass is 10.0. The molecule has 150 valence electrons. The molecule has 4 heteroatoms. The van der Waals surface area contributed by atoms with Crippen LogP contribution in [0.4, 0.5) is 0 Å². The van der Waals surface area contributed by atoms with Crippen LogP contribution in [0.2, 0.25) is 0 Å². The predicted molar refractivity (Wildman–Crippen MR) is 116 cm³/mol. The Labute approximate surface area is 172 Å². The maximum absolute atomic E-state index is 11.8. The van der Waals surface area contributed by atoms with Crippen molar-refractivity contribution in [1.29, 1.82) is 0 Å². The molecule has 1 saturated carbocycles. The molecule has 1 aliphatic rings. The molecular formula is C24H31NO2S. The van der Waals surface area contributed by atoms with Crippen LogP contribution in [0.25, 0.3) is 0 Å². The van der Waals surface area contributed by atoms with E-state index in [0.29, 0.717) is 24.2 Å². The van der Waals surface area contributed by atoms with E-state index in [4.69, 9.17) is 0 Å². The van der Waals surface area contributed by atoms with Gasteiger partial charge in [0.25, 0.3) is 0 Å². The predicted octanol–water partition coefficient (Wildman–Crippen LogP) is 3.24. The zero-order valence-corrected chi connectivity index (χ0v) is 17.7. The minimum absolute atomic E-state index is 0.371. The standard InChI is InChI=1S/C24H31NO2S/c1-19-13-23(14-22(19)18-28(2)24(27)17-26)25(15-20-9-5-3-6-10-20)16-21-11-7-4-8-12-21/h3-12,17,19,22-24H,13-16,18H2,1-2H3. The summed E-state index contributed by atoms with van der Waals surface area (Å²) in [4.78, 5) is 13.5. The van der Waals surface area contributed by atoms with Gasteiger partial charge in [-0.05, 0) is 40.8 Å². The van der Waals surface area contributed by atoms with Crippen LogP contribution in [0.15, 0.2) is 60.7 Å². The third kappa shape index (κ3) is 5.69. The summed E-state index contributed by atoms with van der Waals surface area (Å²) in [5.41, 5.74) is 1.62. The third-order valence-electron chi connectivity index (χ3n) is 5.98. The normalized spacial score (nSPS) is 24.2. The van der Waals surface area contributed by atoms with Gasteiger partial charge in [-0.25, -0.2) is 0 Å². The second kappa shape index (κ2) is 10.2. The summed E-state index contributed by atoms with van der Waals surface area (Å²) in [6.45, 7) is 4.19. The molecule has 0 aliphatic heterocycles. The third-order valence-corrected chi connectivity index (χ3v) is 7.84. The molecule has 0 aromatic heterocycles. The van der Waals surface area contributed by atoms with Crippen molar-refractivity contribution in [3.8, 4) is 0 Å². The first-order valence-corrected chi connectivity index (χ1v) is 12.0. The van der Waals surface area contributed by atoms with Gasteiger partial charge in [0, 0.05) is 25.0 Å². The van der Waals surface area contributed by atoms with Crippen molar-refractivity contribution in [2.75, 3.05) is 12.0 Å². The lowest BCUT2D eigenvalue weighted by Crippen LogP contribution is -2.39. The quantitative estimate of drug-likeness (QED) is 0.482. The topological polar surface area (TPSA) is 43.4 Å². The van der Waals surface area contributed by atoms with Gasteiger partial charge in [-0.1, -0.05) is 67.6 Å². The van der Waals surface area contributed by atoms with Gasteiger partial charge in [-0.2, -0.15) is 0 Å². The Bertz CT molecular complexity index is 682. The van der Waals surface area contributed by atoms with Crippen molar-refractivity contribution in [3.05, 3.63) is 71.8 Å². The molecule has 5 atom stereocenters. The van der Waals surface area contributed by atoms with Gasteiger partial charge in [-0.3, -0.25) is 9.69 Å². The molecule has 28 heavy (non-hydrogen) atoms. The molecule has 1 fully saturated rings. The fraction of sp³-hybridized carbons (Fsp3) is 0.458. The van der Waals surface area contributed by atoms with Gasteiger partial charge >= 0.3 is 0 Å². The molecule has 0 spiro atoms. The number of carbonyl (C=O) groups is 1. The average molecular weight is 398 g/mol. The van der Waals surface area contributed by atoms with E-state index in [1.54, 1.807) is 0 Å². The van der Waals surface area contributed by atoms with Gasteiger partial charge in [-0.15, -0.1) is 0 Å². The Hall–Kier alpha value is -1.62. The molecule has 1 aliphatic carbocycles. The first-order chi connectivity index (χ1) is 13.6. The molecule has 0 amide bonds. The number of nitrogens with zero attached hydrogens (tertiary/aromatic N) is 1. The van der Waals surface area contributed by atoms with Gasteiger partial charge in [0.05, 0.1) is 6.26 Å². The summed E-state index contributed by atoms with van der Waals surface area (Å²) in [5, 5.41) is 11.8. The molecule has 0 radical (unpaired) electrons. The number of carbonyl (C=O) groups excluding carboxylic acids is 1. The Balaban J connectivity index is 1.71. The van der Waals surface area contributed by atoms with Crippen LogP contribution < -0.4 is 5.11 Å². The van der Waals surface area contributed by atoms with Crippen LogP contribution in [0, 0.1) is 11.8 Å². The SMILES string of the molecule is CC1CC(N(Cc2ccccc2)Cc2ccccc2)CC1C[S+](C)C([O-])C=O. The minimum atomic E-state index is -1.06. The van der Waals surface area contributed by atoms with E-state index in [-0.39, 0.29) is 10.9 Å². The van der Waals surface area contributed by atoms with Crippen LogP contribution in [0.5, 0.6) is 0 Å². The molecule has 5 unspecified atom stereocenters. The van der Waals surface area contributed by atoms with Crippen LogP contribution >= 0.6 is 0 Å². The van der Waals surface area contributed by atoms with Crippen LogP contribution in [0.1, 0.15) is 30.9 Å². The largest absolute Gasteiger partial charge is 0.806 e. The lowest BCUT2D eigenvalue weighted by Gasteiger charge is -2.29. The van der Waals surface area contributed by atoms with E-state index in [1.807, 2.05) is 6.26 Å². The minimum Gasteiger partial charge on any atom is -0.806 e. The first kappa shape index (κ1) is 21.1. The lowest BCUT2D eigenvalue weighted by molar-refractivity contribution is -0.369. The molecule has 2 aromatic rings. The zero-order chi connectivity index (χ0) is 19.9. The average Bonchev–Trinajstić information content (AvgIpc) is 3.08. The molecule has 3 rings (SSSR count). The Morgan fingerprint density at radius 2 is 1.57 bits per heavy atom. The van der Waals surface area contributed by atoms with Crippen molar-refractivity contribution < 1.29 is 9.90 Å². The fourth-order valence-corrected chi connectivity index (χ4v) is 5.83. The summed E-state index contributed by atoms with van der Waals surface area (Å²) < 4.78 is 0. The van der Waals surface area contributed by atoms with Gasteiger partial charge < -0.3 is 5.11 Å². The highest BCUT2D eigenvalue weighted by atomic mass is 32.2. The van der Waals surface area contributed by atoms with Crippen LogP contribution in [0.3, 0.4) is 0 Å². The Morgan fingerprint density at radius 3 is 2.07 bits per heavy atom. The summed E-state index contributed by atoms with van der Waals surface area (Å²) in [5.74, 6) is 2.01. The highest BCUT2D eigenvalue weighted by molar-refractivity contribution is 7.97. The van der Waals surface area contributed by atoms with Crippen LogP contribution in [-0.4, -0.2) is 34.7 Å². The molecule has 0 N–H and O–H groups in total. The highest BCUT2D eigenvalue weighted by Gasteiger charge is 2.38. The van der Waals surface area contributed by atoms with Crippen molar-refractivity contribution in [2.24, 2.45) is 11.8 Å². The summed E-state index contributed by atoms with van der Waals surface area (Å²) in [6, 6.07) is 21.8. The molecule has 0 bridgehead atoms. The summed E-state index contributed by atoms with van der Waals surface area (Å²) in [6.07, 6.45) is 4.81. The molecular weight excluding hydrogens is 366 g/mol. The molecule has 0 saturated heterocycles. The molecule has 3 nitrogen and oxygen atoms in total. The number of hydrogen-bond donors (Lipinski definition) is 0. The number of rotatable bonds is 9. The first-order valence-electron chi connectivity index (χ1n) is 10.1. The van der Waals surface area contributed by atoms with Crippen molar-refractivity contribution >= 4 is 17.2 Å². The van der Waals surface area contributed by atoms with E-state index in [0.717, 1.165) is 31.7 Å². The Kier molecular flexibility index (Phi) is 7.72. The fourth-order valence-electron chi connectivity index (χ4n) is 4.31. The van der Waals surface area contributed by atoms with E-state index < -0.39 is 5.44 Å². The van der Waals surface area contributed by atoms with E-state index in [2.05, 4.69) is 72.5 Å². The maximum Gasteiger partial charge on any atom is 0.156 e. The van der Waals surface area contributed by atoms with Crippen molar-refractivity contribution in [2.45, 2.75) is 44.3 Å². The van der Waals surface area contributed by atoms with E-state index in [9.17, 15) is 9.90 Å². The molecule has 0 heterocycles. The summed E-state index contributed by atoms with van der Waals surface area (Å²) >= 11 is 0. The van der Waals surface area contributed by atoms with Gasteiger partial charge in [0.2, 0.25) is 0 Å². The van der Waals surface area contributed by atoms with E-state index >= 15 is 0 Å².